The number of rotatable bonds is 0. The van der Waals surface area contributed by atoms with Crippen molar-refractivity contribution in [2.45, 2.75) is 0 Å². The van der Waals surface area contributed by atoms with Crippen molar-refractivity contribution < 1.29 is 4.74 Å². The Labute approximate surface area is 71.5 Å². The van der Waals surface area contributed by atoms with Gasteiger partial charge in [-0.3, -0.25) is 0 Å². The summed E-state index contributed by atoms with van der Waals surface area (Å²) in [4.78, 5) is 2.08. The Bertz CT molecular complexity index is 173. The number of hydrogen-bond acceptors (Lipinski definition) is 2. The zero-order chi connectivity index (χ0) is 7.84. The predicted octanol–water partition coefficient (Wildman–Crippen LogP) is -0.192. The fraction of sp³-hybridized carbons (Fsp3) is 0.857. The summed E-state index contributed by atoms with van der Waals surface area (Å²) in [6.07, 6.45) is 0. The van der Waals surface area contributed by atoms with E-state index in [1.165, 1.54) is 0 Å². The van der Waals surface area contributed by atoms with E-state index in [0.717, 1.165) is 26.3 Å². The van der Waals surface area contributed by atoms with Crippen LogP contribution in [0.15, 0.2) is 0 Å². The zero-order valence-electron chi connectivity index (χ0n) is 6.32. The molecule has 0 spiro atoms. The quantitative estimate of drug-likeness (QED) is 0.514. The summed E-state index contributed by atoms with van der Waals surface area (Å²) < 4.78 is 5.33. The van der Waals surface area contributed by atoms with Crippen LogP contribution in [0.3, 0.4) is 0 Å². The third kappa shape index (κ3) is 1.20. The monoisotopic (exact) mass is 172 g/mol. The Morgan fingerprint density at radius 1 is 1.36 bits per heavy atom. The van der Waals surface area contributed by atoms with Crippen LogP contribution in [0.2, 0.25) is 0 Å². The number of likely N-dealkylation sites (tertiary alicyclic amines) is 1. The van der Waals surface area contributed by atoms with E-state index in [1.54, 1.807) is 0 Å². The Hall–Kier alpha value is -0.350. The average Bonchev–Trinajstić information content (AvgIpc) is 2.40. The predicted molar refractivity (Wildman–Crippen MR) is 46.2 cm³/mol. The first kappa shape index (κ1) is 7.31. The third-order valence-electron chi connectivity index (χ3n) is 2.55. The molecule has 2 fully saturated rings. The van der Waals surface area contributed by atoms with Gasteiger partial charge >= 0.3 is 0 Å². The van der Waals surface area contributed by atoms with Crippen molar-refractivity contribution in [2.24, 2.45) is 17.6 Å². The maximum Gasteiger partial charge on any atom is 0.166 e. The van der Waals surface area contributed by atoms with E-state index in [-0.39, 0.29) is 0 Å². The second-order valence-electron chi connectivity index (χ2n) is 3.30. The van der Waals surface area contributed by atoms with Crippen LogP contribution in [0.5, 0.6) is 0 Å². The average molecular weight is 172 g/mol. The molecule has 2 rings (SSSR count). The van der Waals surface area contributed by atoms with E-state index < -0.39 is 0 Å². The number of fused-ring (bicyclic) bond motifs is 1. The highest BCUT2D eigenvalue weighted by Gasteiger charge is 2.37. The minimum atomic E-state index is 0.541. The van der Waals surface area contributed by atoms with Crippen molar-refractivity contribution in [2.75, 3.05) is 26.3 Å². The molecule has 4 heteroatoms. The summed E-state index contributed by atoms with van der Waals surface area (Å²) in [6, 6.07) is 0. The summed E-state index contributed by atoms with van der Waals surface area (Å²) in [7, 11) is 0. The first-order chi connectivity index (χ1) is 5.27. The smallest absolute Gasteiger partial charge is 0.166 e. The standard InChI is InChI=1S/C7H12N2OS/c8-7(11)9-1-5-3-10-4-6(5)2-9/h5-6H,1-4H2,(H2,8,11). The van der Waals surface area contributed by atoms with E-state index in [0.29, 0.717) is 16.9 Å². The van der Waals surface area contributed by atoms with E-state index >= 15 is 0 Å². The molecule has 0 bridgehead atoms. The molecule has 2 aliphatic heterocycles. The highest BCUT2D eigenvalue weighted by atomic mass is 32.1. The third-order valence-corrected chi connectivity index (χ3v) is 2.81. The summed E-state index contributed by atoms with van der Waals surface area (Å²) in [5.41, 5.74) is 5.52. The van der Waals surface area contributed by atoms with E-state index in [2.05, 4.69) is 4.90 Å². The number of nitrogens with two attached hydrogens (primary N) is 1. The highest BCUT2D eigenvalue weighted by molar-refractivity contribution is 7.80. The number of hydrogen-bond donors (Lipinski definition) is 1. The molecule has 11 heavy (non-hydrogen) atoms. The molecule has 2 unspecified atom stereocenters. The molecular formula is C7H12N2OS. The van der Waals surface area contributed by atoms with Crippen molar-refractivity contribution in [1.29, 1.82) is 0 Å². The van der Waals surface area contributed by atoms with Crippen LogP contribution in [0.25, 0.3) is 0 Å². The van der Waals surface area contributed by atoms with Gasteiger partial charge in [-0.05, 0) is 12.2 Å². The first-order valence-electron chi connectivity index (χ1n) is 3.89. The van der Waals surface area contributed by atoms with E-state index in [1.807, 2.05) is 0 Å². The van der Waals surface area contributed by atoms with E-state index in [4.69, 9.17) is 22.7 Å². The van der Waals surface area contributed by atoms with Crippen LogP contribution in [0, 0.1) is 11.8 Å². The second kappa shape index (κ2) is 2.60. The molecule has 0 aromatic heterocycles. The van der Waals surface area contributed by atoms with Gasteiger partial charge in [0, 0.05) is 24.9 Å². The maximum absolute atomic E-state index is 5.52. The lowest BCUT2D eigenvalue weighted by Gasteiger charge is -2.16. The molecule has 2 atom stereocenters. The largest absolute Gasteiger partial charge is 0.381 e. The van der Waals surface area contributed by atoms with Gasteiger partial charge in [0.05, 0.1) is 13.2 Å². The van der Waals surface area contributed by atoms with Crippen molar-refractivity contribution in [3.8, 4) is 0 Å². The van der Waals surface area contributed by atoms with Crippen molar-refractivity contribution in [3.63, 3.8) is 0 Å². The Balaban J connectivity index is 1.99. The molecule has 2 aliphatic rings. The van der Waals surface area contributed by atoms with Crippen molar-refractivity contribution >= 4 is 17.3 Å². The number of nitrogens with zero attached hydrogens (tertiary/aromatic N) is 1. The zero-order valence-corrected chi connectivity index (χ0v) is 7.14. The van der Waals surface area contributed by atoms with Gasteiger partial charge in [0.15, 0.2) is 5.11 Å². The van der Waals surface area contributed by atoms with Crippen LogP contribution in [-0.4, -0.2) is 36.3 Å². The Morgan fingerprint density at radius 2 is 1.91 bits per heavy atom. The molecule has 0 saturated carbocycles. The molecule has 62 valence electrons. The van der Waals surface area contributed by atoms with Crippen LogP contribution in [0.1, 0.15) is 0 Å². The maximum atomic E-state index is 5.52. The summed E-state index contributed by atoms with van der Waals surface area (Å²) in [5, 5.41) is 0.541. The minimum Gasteiger partial charge on any atom is -0.381 e. The Kier molecular flexibility index (Phi) is 1.73. The molecule has 0 radical (unpaired) electrons. The van der Waals surface area contributed by atoms with Gasteiger partial charge in [-0.1, -0.05) is 0 Å². The summed E-state index contributed by atoms with van der Waals surface area (Å²) >= 11 is 4.90. The van der Waals surface area contributed by atoms with Gasteiger partial charge in [-0.25, -0.2) is 0 Å². The molecule has 0 aromatic rings. The summed E-state index contributed by atoms with van der Waals surface area (Å²) in [6.45, 7) is 3.79. The van der Waals surface area contributed by atoms with Gasteiger partial charge in [0.25, 0.3) is 0 Å². The molecule has 0 aromatic carbocycles. The van der Waals surface area contributed by atoms with Crippen molar-refractivity contribution in [3.05, 3.63) is 0 Å². The Morgan fingerprint density at radius 3 is 2.36 bits per heavy atom. The van der Waals surface area contributed by atoms with Crippen LogP contribution in [-0.2, 0) is 4.74 Å². The fourth-order valence-corrected chi connectivity index (χ4v) is 2.02. The van der Waals surface area contributed by atoms with Crippen molar-refractivity contribution in [1.82, 2.24) is 4.90 Å². The molecule has 2 saturated heterocycles. The highest BCUT2D eigenvalue weighted by Crippen LogP contribution is 2.28. The topological polar surface area (TPSA) is 38.5 Å². The van der Waals surface area contributed by atoms with E-state index in [9.17, 15) is 0 Å². The van der Waals surface area contributed by atoms with Gasteiger partial charge < -0.3 is 15.4 Å². The van der Waals surface area contributed by atoms with Gasteiger partial charge in [-0.15, -0.1) is 0 Å². The molecule has 0 aliphatic carbocycles. The lowest BCUT2D eigenvalue weighted by molar-refractivity contribution is 0.166. The normalized spacial score (nSPS) is 35.8. The van der Waals surface area contributed by atoms with Gasteiger partial charge in [0.2, 0.25) is 0 Å². The summed E-state index contributed by atoms with van der Waals surface area (Å²) in [5.74, 6) is 1.35. The van der Waals surface area contributed by atoms with Crippen LogP contribution >= 0.6 is 12.2 Å². The molecule has 2 N–H and O–H groups in total. The van der Waals surface area contributed by atoms with Gasteiger partial charge in [0.1, 0.15) is 0 Å². The number of thiocarbonyl (C=S) groups is 1. The minimum absolute atomic E-state index is 0.541. The molecular weight excluding hydrogens is 160 g/mol. The lowest BCUT2D eigenvalue weighted by atomic mass is 10.0. The second-order valence-corrected chi connectivity index (χ2v) is 3.72. The van der Waals surface area contributed by atoms with Crippen LogP contribution < -0.4 is 5.73 Å². The first-order valence-corrected chi connectivity index (χ1v) is 4.30. The lowest BCUT2D eigenvalue weighted by Crippen LogP contribution is -2.34. The SMILES string of the molecule is NC(=S)N1CC2COCC2C1. The van der Waals surface area contributed by atoms with Crippen LogP contribution in [0.4, 0.5) is 0 Å². The molecule has 0 amide bonds. The number of ether oxygens (including phenoxy) is 1. The molecule has 3 nitrogen and oxygen atoms in total. The molecule has 2 heterocycles. The fourth-order valence-electron chi connectivity index (χ4n) is 1.87. The van der Waals surface area contributed by atoms with Gasteiger partial charge in [-0.2, -0.15) is 0 Å².